The molecule has 0 radical (unpaired) electrons. The smallest absolute Gasteiger partial charge is 0.160 e. The van der Waals surface area contributed by atoms with Crippen molar-refractivity contribution in [2.45, 2.75) is 37.8 Å². The van der Waals surface area contributed by atoms with Gasteiger partial charge in [0.05, 0.1) is 18.7 Å². The molecule has 4 heterocycles. The van der Waals surface area contributed by atoms with Crippen molar-refractivity contribution >= 4 is 11.2 Å². The van der Waals surface area contributed by atoms with Gasteiger partial charge in [-0.05, 0) is 37.9 Å². The summed E-state index contributed by atoms with van der Waals surface area (Å²) < 4.78 is 7.90. The van der Waals surface area contributed by atoms with Crippen molar-refractivity contribution < 1.29 is 4.74 Å². The molecule has 1 N–H and O–H groups in total. The first-order chi connectivity index (χ1) is 9.93. The highest BCUT2D eigenvalue weighted by Gasteiger charge is 2.28. The highest BCUT2D eigenvalue weighted by atomic mass is 16.5. The molecule has 0 amide bonds. The van der Waals surface area contributed by atoms with E-state index in [-0.39, 0.29) is 0 Å². The Morgan fingerprint density at radius 3 is 3.10 bits per heavy atom. The highest BCUT2D eigenvalue weighted by molar-refractivity contribution is 5.71. The van der Waals surface area contributed by atoms with Crippen molar-refractivity contribution in [3.63, 3.8) is 0 Å². The third-order valence-corrected chi connectivity index (χ3v) is 4.37. The van der Waals surface area contributed by atoms with Crippen molar-refractivity contribution in [1.82, 2.24) is 19.9 Å². The third-order valence-electron chi connectivity index (χ3n) is 4.37. The third kappa shape index (κ3) is 2.01. The van der Waals surface area contributed by atoms with E-state index in [4.69, 9.17) is 9.72 Å². The molecule has 0 aromatic carbocycles. The van der Waals surface area contributed by atoms with Crippen molar-refractivity contribution in [3.05, 3.63) is 24.2 Å². The van der Waals surface area contributed by atoms with E-state index in [1.807, 2.05) is 12.3 Å². The number of ether oxygens (including phenoxy) is 1. The Hall–Kier alpha value is -1.46. The lowest BCUT2D eigenvalue weighted by atomic mass is 10.0. The second kappa shape index (κ2) is 5.14. The van der Waals surface area contributed by atoms with E-state index in [0.29, 0.717) is 12.1 Å². The van der Waals surface area contributed by atoms with Crippen LogP contribution in [0.1, 0.15) is 43.6 Å². The van der Waals surface area contributed by atoms with E-state index in [1.165, 1.54) is 12.8 Å². The molecule has 2 aromatic rings. The molecular weight excluding hydrogens is 252 g/mol. The molecule has 106 valence electrons. The minimum absolute atomic E-state index is 0.360. The van der Waals surface area contributed by atoms with Crippen LogP contribution in [0.5, 0.6) is 0 Å². The lowest BCUT2D eigenvalue weighted by molar-refractivity contribution is 0.186. The second-order valence-corrected chi connectivity index (χ2v) is 5.71. The summed E-state index contributed by atoms with van der Waals surface area (Å²) in [6, 6.07) is 4.76. The molecule has 4 rings (SSSR count). The van der Waals surface area contributed by atoms with Crippen molar-refractivity contribution in [1.29, 1.82) is 0 Å². The molecule has 0 spiro atoms. The molecule has 2 unspecified atom stereocenters. The van der Waals surface area contributed by atoms with Crippen molar-refractivity contribution in [2.24, 2.45) is 0 Å². The fourth-order valence-electron chi connectivity index (χ4n) is 3.35. The van der Waals surface area contributed by atoms with Crippen LogP contribution in [0.15, 0.2) is 18.3 Å². The van der Waals surface area contributed by atoms with E-state index in [9.17, 15) is 0 Å². The molecule has 2 saturated heterocycles. The van der Waals surface area contributed by atoms with Crippen LogP contribution in [0.4, 0.5) is 0 Å². The van der Waals surface area contributed by atoms with Crippen LogP contribution in [-0.2, 0) is 4.74 Å². The molecule has 0 aliphatic carbocycles. The molecular formula is C15H20N4O. The van der Waals surface area contributed by atoms with Crippen LogP contribution in [0.25, 0.3) is 11.2 Å². The maximum Gasteiger partial charge on any atom is 0.160 e. The monoisotopic (exact) mass is 272 g/mol. The van der Waals surface area contributed by atoms with E-state index < -0.39 is 0 Å². The molecule has 2 aliphatic rings. The fraction of sp³-hybridized carbons (Fsp3) is 0.600. The topological polar surface area (TPSA) is 52.0 Å². The molecule has 2 aliphatic heterocycles. The van der Waals surface area contributed by atoms with Crippen molar-refractivity contribution in [2.75, 3.05) is 19.8 Å². The number of piperidine rings is 1. The van der Waals surface area contributed by atoms with Crippen molar-refractivity contribution in [3.8, 4) is 0 Å². The van der Waals surface area contributed by atoms with Crippen LogP contribution in [0.2, 0.25) is 0 Å². The summed E-state index contributed by atoms with van der Waals surface area (Å²) in [4.78, 5) is 9.42. The SMILES string of the molecule is c1cnc2c(c1)nc(C1CCCCN1)n2C1CCOC1. The van der Waals surface area contributed by atoms with Gasteiger partial charge in [-0.15, -0.1) is 0 Å². The molecule has 2 atom stereocenters. The zero-order valence-electron chi connectivity index (χ0n) is 11.6. The van der Waals surface area contributed by atoms with Gasteiger partial charge in [-0.1, -0.05) is 6.42 Å². The van der Waals surface area contributed by atoms with Crippen LogP contribution in [0, 0.1) is 0 Å². The molecule has 0 bridgehead atoms. The van der Waals surface area contributed by atoms with Gasteiger partial charge in [0.1, 0.15) is 11.3 Å². The van der Waals surface area contributed by atoms with Crippen LogP contribution in [-0.4, -0.2) is 34.3 Å². The lowest BCUT2D eigenvalue weighted by Crippen LogP contribution is -2.30. The molecule has 2 fully saturated rings. The van der Waals surface area contributed by atoms with E-state index in [2.05, 4.69) is 20.9 Å². The molecule has 0 saturated carbocycles. The summed E-state index contributed by atoms with van der Waals surface area (Å²) in [5.41, 5.74) is 2.01. The van der Waals surface area contributed by atoms with E-state index in [1.54, 1.807) is 0 Å². The number of pyridine rings is 1. The van der Waals surface area contributed by atoms with Gasteiger partial charge >= 0.3 is 0 Å². The normalized spacial score (nSPS) is 27.2. The first-order valence-corrected chi connectivity index (χ1v) is 7.57. The molecule has 20 heavy (non-hydrogen) atoms. The number of hydrogen-bond donors (Lipinski definition) is 1. The summed E-state index contributed by atoms with van der Waals surface area (Å²) in [5, 5.41) is 3.61. The number of rotatable bonds is 2. The number of nitrogens with zero attached hydrogens (tertiary/aromatic N) is 3. The minimum Gasteiger partial charge on any atom is -0.379 e. The fourth-order valence-corrected chi connectivity index (χ4v) is 3.35. The summed E-state index contributed by atoms with van der Waals surface area (Å²) in [5.74, 6) is 1.15. The summed E-state index contributed by atoms with van der Waals surface area (Å²) >= 11 is 0. The summed E-state index contributed by atoms with van der Waals surface area (Å²) in [7, 11) is 0. The predicted molar refractivity (Wildman–Crippen MR) is 76.6 cm³/mol. The van der Waals surface area contributed by atoms with Gasteiger partial charge in [0.2, 0.25) is 0 Å². The van der Waals surface area contributed by atoms with E-state index >= 15 is 0 Å². The standard InChI is InChI=1S/C15H20N4O/c1-2-7-16-12(4-1)15-18-13-5-3-8-17-14(13)19(15)11-6-9-20-10-11/h3,5,8,11-12,16H,1-2,4,6-7,9-10H2. The van der Waals surface area contributed by atoms with Gasteiger partial charge in [-0.2, -0.15) is 0 Å². The van der Waals surface area contributed by atoms with Crippen LogP contribution in [0.3, 0.4) is 0 Å². The molecule has 5 nitrogen and oxygen atoms in total. The number of aromatic nitrogens is 3. The Balaban J connectivity index is 1.82. The van der Waals surface area contributed by atoms with Crippen LogP contribution < -0.4 is 5.32 Å². The average molecular weight is 272 g/mol. The molecule has 2 aromatic heterocycles. The van der Waals surface area contributed by atoms with Gasteiger partial charge in [0.25, 0.3) is 0 Å². The van der Waals surface area contributed by atoms with Gasteiger partial charge in [-0.25, -0.2) is 9.97 Å². The first kappa shape index (κ1) is 12.3. The van der Waals surface area contributed by atoms with E-state index in [0.717, 1.165) is 49.6 Å². The Bertz CT molecular complexity index is 597. The second-order valence-electron chi connectivity index (χ2n) is 5.71. The zero-order valence-corrected chi connectivity index (χ0v) is 11.6. The maximum atomic E-state index is 5.58. The molecule has 5 heteroatoms. The van der Waals surface area contributed by atoms with Gasteiger partial charge in [-0.3, -0.25) is 0 Å². The largest absolute Gasteiger partial charge is 0.379 e. The Kier molecular flexibility index (Phi) is 3.16. The van der Waals surface area contributed by atoms with Gasteiger partial charge in [0.15, 0.2) is 5.65 Å². The van der Waals surface area contributed by atoms with Gasteiger partial charge < -0.3 is 14.6 Å². The highest BCUT2D eigenvalue weighted by Crippen LogP contribution is 2.31. The number of fused-ring (bicyclic) bond motifs is 1. The number of hydrogen-bond acceptors (Lipinski definition) is 4. The van der Waals surface area contributed by atoms with Crippen LogP contribution >= 0.6 is 0 Å². The summed E-state index contributed by atoms with van der Waals surface area (Å²) in [6.45, 7) is 2.71. The Labute approximate surface area is 118 Å². The quantitative estimate of drug-likeness (QED) is 0.910. The van der Waals surface area contributed by atoms with Gasteiger partial charge in [0, 0.05) is 12.8 Å². The predicted octanol–water partition coefficient (Wildman–Crippen LogP) is 2.21. The minimum atomic E-state index is 0.360. The first-order valence-electron chi connectivity index (χ1n) is 7.57. The number of imidazole rings is 1. The maximum absolute atomic E-state index is 5.58. The number of nitrogens with one attached hydrogen (secondary N) is 1. The Morgan fingerprint density at radius 2 is 2.30 bits per heavy atom. The zero-order chi connectivity index (χ0) is 13.4. The summed E-state index contributed by atoms with van der Waals surface area (Å²) in [6.07, 6.45) is 6.62. The lowest BCUT2D eigenvalue weighted by Gasteiger charge is -2.25. The Morgan fingerprint density at radius 1 is 1.30 bits per heavy atom. The average Bonchev–Trinajstić information content (AvgIpc) is 3.14.